The van der Waals surface area contributed by atoms with Crippen LogP contribution in [0.15, 0.2) is 42.5 Å². The van der Waals surface area contributed by atoms with E-state index in [9.17, 15) is 4.79 Å². The van der Waals surface area contributed by atoms with Crippen molar-refractivity contribution < 1.29 is 9.90 Å². The molecule has 16 heavy (non-hydrogen) atoms. The van der Waals surface area contributed by atoms with E-state index in [-0.39, 0.29) is 11.8 Å². The highest BCUT2D eigenvalue weighted by molar-refractivity contribution is 5.71. The number of allylic oxidation sites excluding steroid dienone is 2. The number of rotatable bonds is 3. The van der Waals surface area contributed by atoms with Gasteiger partial charge in [-0.25, -0.2) is 0 Å². The topological polar surface area (TPSA) is 37.3 Å². The van der Waals surface area contributed by atoms with Crippen LogP contribution in [0.1, 0.15) is 18.4 Å². The zero-order valence-corrected chi connectivity index (χ0v) is 9.17. The quantitative estimate of drug-likeness (QED) is 0.789. The van der Waals surface area contributed by atoms with Crippen LogP contribution in [0.3, 0.4) is 0 Å². The molecule has 1 aromatic rings. The van der Waals surface area contributed by atoms with E-state index < -0.39 is 5.97 Å². The van der Waals surface area contributed by atoms with Gasteiger partial charge in [0.1, 0.15) is 0 Å². The summed E-state index contributed by atoms with van der Waals surface area (Å²) in [5, 5.41) is 9.15. The molecule has 1 N–H and O–H groups in total. The average molecular weight is 216 g/mol. The lowest BCUT2D eigenvalue weighted by Crippen LogP contribution is -2.26. The maximum absolute atomic E-state index is 11.1. The van der Waals surface area contributed by atoms with Crippen LogP contribution in [0, 0.1) is 11.8 Å². The molecule has 2 atom stereocenters. The van der Waals surface area contributed by atoms with E-state index in [1.54, 1.807) is 0 Å². The molecule has 1 aliphatic rings. The lowest BCUT2D eigenvalue weighted by molar-refractivity contribution is -0.143. The highest BCUT2D eigenvalue weighted by atomic mass is 16.4. The standard InChI is InChI=1S/C14H16O2/c15-14(16)13-9-5-4-8-12(13)10-11-6-2-1-3-7-11/h1-7,12-13H,8-10H2,(H,15,16)/t12-,13-/m0/s1. The molecule has 0 unspecified atom stereocenters. The fourth-order valence-electron chi connectivity index (χ4n) is 2.32. The van der Waals surface area contributed by atoms with Gasteiger partial charge in [0.05, 0.1) is 5.92 Å². The summed E-state index contributed by atoms with van der Waals surface area (Å²) in [6, 6.07) is 10.1. The van der Waals surface area contributed by atoms with Crippen molar-refractivity contribution in [3.05, 3.63) is 48.0 Å². The Hall–Kier alpha value is -1.57. The molecule has 1 aromatic carbocycles. The molecule has 0 radical (unpaired) electrons. The second kappa shape index (κ2) is 4.97. The zero-order chi connectivity index (χ0) is 11.4. The van der Waals surface area contributed by atoms with Crippen LogP contribution in [0.5, 0.6) is 0 Å². The minimum Gasteiger partial charge on any atom is -0.481 e. The van der Waals surface area contributed by atoms with Crippen molar-refractivity contribution in [2.24, 2.45) is 11.8 Å². The molecule has 1 aliphatic carbocycles. The minimum atomic E-state index is -0.662. The third kappa shape index (κ3) is 2.51. The highest BCUT2D eigenvalue weighted by Crippen LogP contribution is 2.28. The number of carboxylic acid groups (broad SMARTS) is 1. The van der Waals surface area contributed by atoms with Crippen molar-refractivity contribution in [3.63, 3.8) is 0 Å². The Morgan fingerprint density at radius 2 is 1.88 bits per heavy atom. The first-order valence-electron chi connectivity index (χ1n) is 5.69. The third-order valence-electron chi connectivity index (χ3n) is 3.22. The van der Waals surface area contributed by atoms with Crippen LogP contribution in [0.4, 0.5) is 0 Å². The molecule has 2 heteroatoms. The fourth-order valence-corrected chi connectivity index (χ4v) is 2.32. The Balaban J connectivity index is 2.08. The second-order valence-corrected chi connectivity index (χ2v) is 4.34. The van der Waals surface area contributed by atoms with E-state index >= 15 is 0 Å². The second-order valence-electron chi connectivity index (χ2n) is 4.34. The van der Waals surface area contributed by atoms with Crippen molar-refractivity contribution in [1.29, 1.82) is 0 Å². The van der Waals surface area contributed by atoms with Gasteiger partial charge in [-0.1, -0.05) is 42.5 Å². The van der Waals surface area contributed by atoms with Crippen LogP contribution in [-0.2, 0) is 11.2 Å². The van der Waals surface area contributed by atoms with Gasteiger partial charge in [-0.2, -0.15) is 0 Å². The molecule has 0 aliphatic heterocycles. The fraction of sp³-hybridized carbons (Fsp3) is 0.357. The molecule has 0 aromatic heterocycles. The van der Waals surface area contributed by atoms with E-state index in [4.69, 9.17) is 5.11 Å². The molecular formula is C14H16O2. The van der Waals surface area contributed by atoms with Crippen LogP contribution >= 0.6 is 0 Å². The lowest BCUT2D eigenvalue weighted by Gasteiger charge is -2.25. The summed E-state index contributed by atoms with van der Waals surface area (Å²) in [4.78, 5) is 11.1. The Kier molecular flexibility index (Phi) is 3.40. The first-order chi connectivity index (χ1) is 7.77. The number of hydrogen-bond acceptors (Lipinski definition) is 1. The summed E-state index contributed by atoms with van der Waals surface area (Å²) in [6.45, 7) is 0. The largest absolute Gasteiger partial charge is 0.481 e. The molecule has 0 bridgehead atoms. The molecule has 0 fully saturated rings. The minimum absolute atomic E-state index is 0.217. The molecule has 0 saturated heterocycles. The summed E-state index contributed by atoms with van der Waals surface area (Å²) in [5.41, 5.74) is 1.23. The Morgan fingerprint density at radius 3 is 2.56 bits per heavy atom. The van der Waals surface area contributed by atoms with E-state index in [1.807, 2.05) is 24.3 Å². The Bertz CT molecular complexity index is 381. The van der Waals surface area contributed by atoms with Crippen LogP contribution in [0.25, 0.3) is 0 Å². The monoisotopic (exact) mass is 216 g/mol. The highest BCUT2D eigenvalue weighted by Gasteiger charge is 2.28. The maximum atomic E-state index is 11.1. The summed E-state index contributed by atoms with van der Waals surface area (Å²) >= 11 is 0. The van der Waals surface area contributed by atoms with E-state index in [1.165, 1.54) is 5.56 Å². The van der Waals surface area contributed by atoms with E-state index in [0.717, 1.165) is 12.8 Å². The summed E-state index contributed by atoms with van der Waals surface area (Å²) in [6.07, 6.45) is 6.51. The predicted molar refractivity (Wildman–Crippen MR) is 63.1 cm³/mol. The molecule has 2 nitrogen and oxygen atoms in total. The molecule has 0 amide bonds. The van der Waals surface area contributed by atoms with Crippen LogP contribution in [0.2, 0.25) is 0 Å². The number of carbonyl (C=O) groups is 1. The number of aliphatic carboxylic acids is 1. The molecule has 0 heterocycles. The van der Waals surface area contributed by atoms with Gasteiger partial charge in [-0.15, -0.1) is 0 Å². The van der Waals surface area contributed by atoms with Gasteiger partial charge in [-0.05, 0) is 30.7 Å². The zero-order valence-electron chi connectivity index (χ0n) is 9.17. The Morgan fingerprint density at radius 1 is 1.19 bits per heavy atom. The van der Waals surface area contributed by atoms with Gasteiger partial charge >= 0.3 is 5.97 Å². The van der Waals surface area contributed by atoms with Crippen LogP contribution < -0.4 is 0 Å². The summed E-state index contributed by atoms with van der Waals surface area (Å²) in [5.74, 6) is -0.639. The first kappa shape index (κ1) is 10.9. The van der Waals surface area contributed by atoms with Gasteiger partial charge in [0.25, 0.3) is 0 Å². The number of hydrogen-bond donors (Lipinski definition) is 1. The van der Waals surface area contributed by atoms with Crippen molar-refractivity contribution in [1.82, 2.24) is 0 Å². The van der Waals surface area contributed by atoms with Gasteiger partial charge in [0.15, 0.2) is 0 Å². The lowest BCUT2D eigenvalue weighted by atomic mass is 9.79. The van der Waals surface area contributed by atoms with Gasteiger partial charge in [0, 0.05) is 0 Å². The number of benzene rings is 1. The van der Waals surface area contributed by atoms with Gasteiger partial charge < -0.3 is 5.11 Å². The SMILES string of the molecule is O=C(O)[C@H]1CC=CC[C@H]1Cc1ccccc1. The van der Waals surface area contributed by atoms with Crippen molar-refractivity contribution in [2.45, 2.75) is 19.3 Å². The molecule has 2 rings (SSSR count). The molecule has 0 spiro atoms. The molecule has 0 saturated carbocycles. The smallest absolute Gasteiger partial charge is 0.307 e. The number of carboxylic acids is 1. The molecular weight excluding hydrogens is 200 g/mol. The van der Waals surface area contributed by atoms with Crippen LogP contribution in [-0.4, -0.2) is 11.1 Å². The van der Waals surface area contributed by atoms with E-state index in [0.29, 0.717) is 6.42 Å². The predicted octanol–water partition coefficient (Wildman–Crippen LogP) is 2.90. The maximum Gasteiger partial charge on any atom is 0.307 e. The van der Waals surface area contributed by atoms with Crippen molar-refractivity contribution in [2.75, 3.05) is 0 Å². The van der Waals surface area contributed by atoms with Crippen molar-refractivity contribution in [3.8, 4) is 0 Å². The van der Waals surface area contributed by atoms with Gasteiger partial charge in [0.2, 0.25) is 0 Å². The van der Waals surface area contributed by atoms with Crippen molar-refractivity contribution >= 4 is 5.97 Å². The molecule has 84 valence electrons. The third-order valence-corrected chi connectivity index (χ3v) is 3.22. The Labute approximate surface area is 95.6 Å². The summed E-state index contributed by atoms with van der Waals surface area (Å²) in [7, 11) is 0. The summed E-state index contributed by atoms with van der Waals surface area (Å²) < 4.78 is 0. The normalized spacial score (nSPS) is 24.2. The van der Waals surface area contributed by atoms with Gasteiger partial charge in [-0.3, -0.25) is 4.79 Å². The van der Waals surface area contributed by atoms with E-state index in [2.05, 4.69) is 18.2 Å². The first-order valence-corrected chi connectivity index (χ1v) is 5.69. The average Bonchev–Trinajstić information content (AvgIpc) is 2.31.